The van der Waals surface area contributed by atoms with Crippen molar-refractivity contribution in [3.05, 3.63) is 0 Å². The molecule has 0 bridgehead atoms. The van der Waals surface area contributed by atoms with Gasteiger partial charge in [0.05, 0.1) is 19.1 Å². The van der Waals surface area contributed by atoms with Gasteiger partial charge in [0.25, 0.3) is 0 Å². The third kappa shape index (κ3) is 9.50. The number of nitrogens with zero attached hydrogens (tertiary/aromatic N) is 1. The van der Waals surface area contributed by atoms with Crippen molar-refractivity contribution in [3.63, 3.8) is 0 Å². The van der Waals surface area contributed by atoms with E-state index in [2.05, 4.69) is 0 Å². The van der Waals surface area contributed by atoms with Crippen molar-refractivity contribution in [1.82, 2.24) is 4.90 Å². The molecule has 1 amide bonds. The number of carbonyl (C=O) groups is 3. The Bertz CT molecular complexity index is 387. The molecule has 0 aromatic rings. The number of nitrogens with two attached hydrogens (primary N) is 1. The maximum Gasteiger partial charge on any atom is 0.325 e. The van der Waals surface area contributed by atoms with Gasteiger partial charge in [-0.05, 0) is 39.7 Å². The van der Waals surface area contributed by atoms with E-state index in [1.807, 2.05) is 6.92 Å². The Labute approximate surface area is 144 Å². The maximum absolute atomic E-state index is 12.4. The summed E-state index contributed by atoms with van der Waals surface area (Å²) < 4.78 is 9.96. The van der Waals surface area contributed by atoms with Crippen LogP contribution in [0.25, 0.3) is 0 Å². The quantitative estimate of drug-likeness (QED) is 0.401. The molecule has 0 aliphatic rings. The van der Waals surface area contributed by atoms with Gasteiger partial charge in [-0.25, -0.2) is 0 Å². The molecule has 0 aliphatic carbocycles. The average molecular weight is 344 g/mol. The van der Waals surface area contributed by atoms with Crippen LogP contribution in [0.2, 0.25) is 0 Å². The molecule has 0 aromatic heterocycles. The molecule has 2 N–H and O–H groups in total. The third-order valence-corrected chi connectivity index (χ3v) is 3.63. The first kappa shape index (κ1) is 22.4. The van der Waals surface area contributed by atoms with Crippen molar-refractivity contribution >= 4 is 17.8 Å². The standard InChI is InChI=1S/C17H32N2O5/c1-4-14(17(22)24-6-3)12-19(13-16(21)23-5-2)15(20)10-8-7-9-11-18/h14H,4-13,18H2,1-3H3. The summed E-state index contributed by atoms with van der Waals surface area (Å²) >= 11 is 0. The second-order valence-corrected chi connectivity index (χ2v) is 5.54. The molecule has 1 unspecified atom stereocenters. The van der Waals surface area contributed by atoms with Crippen molar-refractivity contribution in [2.45, 2.75) is 52.9 Å². The Kier molecular flexibility index (Phi) is 12.8. The number of hydrogen-bond acceptors (Lipinski definition) is 6. The van der Waals surface area contributed by atoms with Gasteiger partial charge in [0.1, 0.15) is 6.54 Å². The SMILES string of the molecule is CCOC(=O)CN(CC(CC)C(=O)OCC)C(=O)CCCCCN. The fourth-order valence-electron chi connectivity index (χ4n) is 2.27. The summed E-state index contributed by atoms with van der Waals surface area (Å²) in [5.74, 6) is -1.40. The first-order valence-electron chi connectivity index (χ1n) is 8.80. The lowest BCUT2D eigenvalue weighted by Crippen LogP contribution is -2.41. The Hall–Kier alpha value is -1.63. The molecule has 0 radical (unpaired) electrons. The molecular weight excluding hydrogens is 312 g/mol. The lowest BCUT2D eigenvalue weighted by molar-refractivity contribution is -0.154. The summed E-state index contributed by atoms with van der Waals surface area (Å²) in [5.41, 5.74) is 5.44. The molecule has 7 nitrogen and oxygen atoms in total. The van der Waals surface area contributed by atoms with Crippen LogP contribution in [0.5, 0.6) is 0 Å². The molecule has 0 saturated heterocycles. The molecule has 24 heavy (non-hydrogen) atoms. The molecular formula is C17H32N2O5. The monoisotopic (exact) mass is 344 g/mol. The lowest BCUT2D eigenvalue weighted by Gasteiger charge is -2.25. The van der Waals surface area contributed by atoms with Gasteiger partial charge in [-0.1, -0.05) is 13.3 Å². The summed E-state index contributed by atoms with van der Waals surface area (Å²) in [5, 5.41) is 0. The molecule has 140 valence electrons. The fourth-order valence-corrected chi connectivity index (χ4v) is 2.27. The van der Waals surface area contributed by atoms with Gasteiger partial charge in [0.2, 0.25) is 5.91 Å². The number of amides is 1. The number of rotatable bonds is 13. The third-order valence-electron chi connectivity index (χ3n) is 3.63. The van der Waals surface area contributed by atoms with Crippen LogP contribution in [0.4, 0.5) is 0 Å². The van der Waals surface area contributed by atoms with Gasteiger partial charge in [-0.15, -0.1) is 0 Å². The van der Waals surface area contributed by atoms with Crippen LogP contribution in [0.1, 0.15) is 52.9 Å². The molecule has 7 heteroatoms. The Morgan fingerprint density at radius 2 is 1.67 bits per heavy atom. The van der Waals surface area contributed by atoms with E-state index in [0.717, 1.165) is 12.8 Å². The van der Waals surface area contributed by atoms with Gasteiger partial charge < -0.3 is 20.1 Å². The Balaban J connectivity index is 4.79. The first-order chi connectivity index (χ1) is 11.5. The molecule has 0 rings (SSSR count). The molecule has 0 fully saturated rings. The summed E-state index contributed by atoms with van der Waals surface area (Å²) in [7, 11) is 0. The predicted molar refractivity (Wildman–Crippen MR) is 91.1 cm³/mol. The largest absolute Gasteiger partial charge is 0.466 e. The van der Waals surface area contributed by atoms with E-state index in [0.29, 0.717) is 32.4 Å². The molecule has 0 spiro atoms. The lowest BCUT2D eigenvalue weighted by atomic mass is 10.1. The maximum atomic E-state index is 12.4. The smallest absolute Gasteiger partial charge is 0.325 e. The predicted octanol–water partition coefficient (Wildman–Crippen LogP) is 1.49. The van der Waals surface area contributed by atoms with Crippen molar-refractivity contribution in [3.8, 4) is 0 Å². The summed E-state index contributed by atoms with van der Waals surface area (Å²) in [6, 6.07) is 0. The van der Waals surface area contributed by atoms with E-state index in [1.165, 1.54) is 4.90 Å². The van der Waals surface area contributed by atoms with Crippen molar-refractivity contribution in [2.24, 2.45) is 11.7 Å². The highest BCUT2D eigenvalue weighted by Gasteiger charge is 2.25. The molecule has 1 atom stereocenters. The zero-order valence-corrected chi connectivity index (χ0v) is 15.2. The summed E-state index contributed by atoms with van der Waals surface area (Å²) in [6.45, 7) is 6.49. The highest BCUT2D eigenvalue weighted by molar-refractivity contribution is 5.83. The highest BCUT2D eigenvalue weighted by Crippen LogP contribution is 2.11. The Morgan fingerprint density at radius 3 is 2.21 bits per heavy atom. The number of carbonyl (C=O) groups excluding carboxylic acids is 3. The van der Waals surface area contributed by atoms with Crippen LogP contribution in [0, 0.1) is 5.92 Å². The second kappa shape index (κ2) is 13.8. The molecule has 0 aromatic carbocycles. The van der Waals surface area contributed by atoms with Crippen molar-refractivity contribution < 1.29 is 23.9 Å². The number of hydrogen-bond donors (Lipinski definition) is 1. The minimum absolute atomic E-state index is 0.139. The zero-order valence-electron chi connectivity index (χ0n) is 15.2. The van der Waals surface area contributed by atoms with Crippen LogP contribution in [-0.2, 0) is 23.9 Å². The zero-order chi connectivity index (χ0) is 18.4. The van der Waals surface area contributed by atoms with E-state index in [1.54, 1.807) is 13.8 Å². The fraction of sp³-hybridized carbons (Fsp3) is 0.824. The van der Waals surface area contributed by atoms with Gasteiger partial charge in [0, 0.05) is 13.0 Å². The summed E-state index contributed by atoms with van der Waals surface area (Å²) in [4.78, 5) is 37.5. The number of ether oxygens (including phenoxy) is 2. The van der Waals surface area contributed by atoms with Crippen molar-refractivity contribution in [2.75, 3.05) is 32.8 Å². The number of unbranched alkanes of at least 4 members (excludes halogenated alkanes) is 2. The van der Waals surface area contributed by atoms with Crippen molar-refractivity contribution in [1.29, 1.82) is 0 Å². The Morgan fingerprint density at radius 1 is 1.00 bits per heavy atom. The van der Waals surface area contributed by atoms with Crippen LogP contribution >= 0.6 is 0 Å². The minimum Gasteiger partial charge on any atom is -0.466 e. The second-order valence-electron chi connectivity index (χ2n) is 5.54. The summed E-state index contributed by atoms with van der Waals surface area (Å²) in [6.07, 6.45) is 3.32. The van der Waals surface area contributed by atoms with Crippen LogP contribution < -0.4 is 5.73 Å². The van der Waals surface area contributed by atoms with E-state index in [-0.39, 0.29) is 31.6 Å². The van der Waals surface area contributed by atoms with Crippen LogP contribution in [0.3, 0.4) is 0 Å². The number of esters is 2. The molecule has 0 saturated carbocycles. The van der Waals surface area contributed by atoms with Gasteiger partial charge >= 0.3 is 11.9 Å². The first-order valence-corrected chi connectivity index (χ1v) is 8.80. The van der Waals surface area contributed by atoms with Crippen LogP contribution in [-0.4, -0.2) is 55.6 Å². The van der Waals surface area contributed by atoms with E-state index in [9.17, 15) is 14.4 Å². The topological polar surface area (TPSA) is 98.9 Å². The van der Waals surface area contributed by atoms with E-state index < -0.39 is 11.9 Å². The highest BCUT2D eigenvalue weighted by atomic mass is 16.5. The van der Waals surface area contributed by atoms with Crippen LogP contribution in [0.15, 0.2) is 0 Å². The van der Waals surface area contributed by atoms with E-state index in [4.69, 9.17) is 15.2 Å². The van der Waals surface area contributed by atoms with Gasteiger partial charge in [0.15, 0.2) is 0 Å². The molecule has 0 aliphatic heterocycles. The average Bonchev–Trinajstić information content (AvgIpc) is 2.55. The van der Waals surface area contributed by atoms with Gasteiger partial charge in [-0.2, -0.15) is 0 Å². The molecule has 0 heterocycles. The normalized spacial score (nSPS) is 11.7. The minimum atomic E-state index is -0.466. The van der Waals surface area contributed by atoms with E-state index >= 15 is 0 Å². The van der Waals surface area contributed by atoms with Gasteiger partial charge in [-0.3, -0.25) is 14.4 Å².